The number of hydrogen-bond acceptors (Lipinski definition) is 7. The van der Waals surface area contributed by atoms with Gasteiger partial charge >= 0.3 is 29.6 Å². The molecule has 1 amide bonds. The molecular formula is C7H15NNaO8P. The summed E-state index contributed by atoms with van der Waals surface area (Å²) in [6, 6.07) is 0. The van der Waals surface area contributed by atoms with Gasteiger partial charge in [-0.15, -0.1) is 0 Å². The number of aliphatic hydroxyl groups is 3. The molecule has 9 nitrogen and oxygen atoms in total. The van der Waals surface area contributed by atoms with Gasteiger partial charge in [-0.25, -0.2) is 5.06 Å². The Labute approximate surface area is 125 Å². The number of hydrogen-bond donors (Lipinski definition) is 5. The van der Waals surface area contributed by atoms with E-state index in [9.17, 15) is 29.6 Å². The van der Waals surface area contributed by atoms with Gasteiger partial charge in [0, 0.05) is 6.16 Å². The molecule has 0 saturated carbocycles. The van der Waals surface area contributed by atoms with Gasteiger partial charge in [0.25, 0.3) is 0 Å². The molecule has 0 aromatic heterocycles. The smallest absolute Gasteiger partial charge is 0.779 e. The molecule has 11 heteroatoms. The van der Waals surface area contributed by atoms with Crippen LogP contribution in [0.5, 0.6) is 0 Å². The number of carbonyl (C=O) groups excluding carboxylic acids is 1. The summed E-state index contributed by atoms with van der Waals surface area (Å²) in [6.45, 7) is -0.643. The van der Waals surface area contributed by atoms with Crippen molar-refractivity contribution >= 4 is 14.0 Å². The van der Waals surface area contributed by atoms with E-state index in [1.54, 1.807) is 0 Å². The second-order valence-corrected chi connectivity index (χ2v) is 5.22. The molecule has 0 aliphatic heterocycles. The topological polar surface area (TPSA) is 162 Å². The first-order valence-corrected chi connectivity index (χ1v) is 6.41. The molecule has 4 atom stereocenters. The molecule has 18 heavy (non-hydrogen) atoms. The summed E-state index contributed by atoms with van der Waals surface area (Å²) in [5, 5.41) is 36.6. The van der Waals surface area contributed by atoms with Crippen molar-refractivity contribution < 1.29 is 69.2 Å². The average Bonchev–Trinajstić information content (AvgIpc) is 2.23. The van der Waals surface area contributed by atoms with E-state index in [1.165, 1.54) is 0 Å². The summed E-state index contributed by atoms with van der Waals surface area (Å²) in [5.41, 5.74) is 0. The molecule has 1 unspecified atom stereocenters. The summed E-state index contributed by atoms with van der Waals surface area (Å²) in [4.78, 5) is 28.8. The fourth-order valence-corrected chi connectivity index (χ4v) is 1.66. The quantitative estimate of drug-likeness (QED) is 0.0971. The van der Waals surface area contributed by atoms with E-state index >= 15 is 0 Å². The van der Waals surface area contributed by atoms with Gasteiger partial charge in [-0.1, -0.05) is 0 Å². The molecule has 0 heterocycles. The molecule has 102 valence electrons. The minimum absolute atomic E-state index is 0. The van der Waals surface area contributed by atoms with Crippen LogP contribution in [0.2, 0.25) is 0 Å². The monoisotopic (exact) mass is 295 g/mol. The maximum Gasteiger partial charge on any atom is 1.00 e. The Hall–Kier alpha value is 0.460. The Kier molecular flexibility index (Phi) is 10.8. The minimum Gasteiger partial charge on any atom is -0.779 e. The molecule has 0 aromatic rings. The van der Waals surface area contributed by atoms with Crippen LogP contribution < -0.4 is 34.5 Å². The van der Waals surface area contributed by atoms with Crippen LogP contribution in [0.3, 0.4) is 0 Å². The largest absolute Gasteiger partial charge is 1.00 e. The van der Waals surface area contributed by atoms with Gasteiger partial charge in [0.05, 0.1) is 12.6 Å². The molecule has 0 rings (SSSR count). The van der Waals surface area contributed by atoms with Crippen molar-refractivity contribution in [1.29, 1.82) is 0 Å². The average molecular weight is 295 g/mol. The summed E-state index contributed by atoms with van der Waals surface area (Å²) in [7, 11) is -4.54. The first kappa shape index (κ1) is 20.8. The van der Waals surface area contributed by atoms with Gasteiger partial charge in [0.2, 0.25) is 6.41 Å². The third kappa shape index (κ3) is 9.40. The predicted molar refractivity (Wildman–Crippen MR) is 51.9 cm³/mol. The van der Waals surface area contributed by atoms with Crippen LogP contribution in [-0.2, 0) is 9.36 Å². The Morgan fingerprint density at radius 1 is 1.28 bits per heavy atom. The van der Waals surface area contributed by atoms with Crippen LogP contribution in [0.1, 0.15) is 6.42 Å². The fourth-order valence-electron chi connectivity index (χ4n) is 1.07. The van der Waals surface area contributed by atoms with Crippen molar-refractivity contribution in [2.45, 2.75) is 24.7 Å². The SMILES string of the molecule is O=CN(O)C[C@H](O)[C@H](O)[C@H](O)CCP(=O)([O-])O.[Na+]. The van der Waals surface area contributed by atoms with Crippen molar-refractivity contribution in [3.8, 4) is 0 Å². The van der Waals surface area contributed by atoms with Gasteiger partial charge < -0.3 is 29.7 Å². The first-order valence-electron chi connectivity index (χ1n) is 4.65. The van der Waals surface area contributed by atoms with Gasteiger partial charge in [0.15, 0.2) is 0 Å². The van der Waals surface area contributed by atoms with E-state index in [2.05, 4.69) is 0 Å². The number of amides is 1. The normalized spacial score (nSPS) is 19.0. The third-order valence-corrected chi connectivity index (χ3v) is 2.82. The van der Waals surface area contributed by atoms with Crippen LogP contribution in [0, 0.1) is 0 Å². The molecule has 0 spiro atoms. The Balaban J connectivity index is 0. The van der Waals surface area contributed by atoms with Gasteiger partial charge in [-0.3, -0.25) is 10.0 Å². The van der Waals surface area contributed by atoms with Crippen LogP contribution in [0.25, 0.3) is 0 Å². The number of carbonyl (C=O) groups is 1. The third-order valence-electron chi connectivity index (χ3n) is 1.99. The molecule has 0 aromatic carbocycles. The van der Waals surface area contributed by atoms with E-state index in [-0.39, 0.29) is 41.0 Å². The van der Waals surface area contributed by atoms with Crippen molar-refractivity contribution in [2.75, 3.05) is 12.7 Å². The maximum atomic E-state index is 10.4. The zero-order valence-corrected chi connectivity index (χ0v) is 12.7. The Bertz CT molecular complexity index is 287. The molecule has 0 saturated heterocycles. The Morgan fingerprint density at radius 2 is 1.78 bits per heavy atom. The van der Waals surface area contributed by atoms with Gasteiger partial charge in [-0.05, 0) is 6.42 Å². The molecule has 0 bridgehead atoms. The van der Waals surface area contributed by atoms with Gasteiger partial charge in [0.1, 0.15) is 19.8 Å². The number of hydroxylamine groups is 2. The van der Waals surface area contributed by atoms with E-state index in [0.717, 1.165) is 0 Å². The maximum absolute atomic E-state index is 10.4. The van der Waals surface area contributed by atoms with E-state index in [1.807, 2.05) is 0 Å². The molecule has 0 fully saturated rings. The fraction of sp³-hybridized carbons (Fsp3) is 0.857. The second kappa shape index (κ2) is 9.38. The van der Waals surface area contributed by atoms with Crippen molar-refractivity contribution in [1.82, 2.24) is 5.06 Å². The summed E-state index contributed by atoms with van der Waals surface area (Å²) in [6.07, 6.45) is -6.26. The summed E-state index contributed by atoms with van der Waals surface area (Å²) >= 11 is 0. The van der Waals surface area contributed by atoms with Crippen LogP contribution >= 0.6 is 7.60 Å². The van der Waals surface area contributed by atoms with E-state index < -0.39 is 45.0 Å². The van der Waals surface area contributed by atoms with Crippen molar-refractivity contribution in [2.24, 2.45) is 0 Å². The molecule has 0 aliphatic rings. The molecule has 0 radical (unpaired) electrons. The first-order chi connectivity index (χ1) is 7.67. The Morgan fingerprint density at radius 3 is 2.17 bits per heavy atom. The molecular weight excluding hydrogens is 280 g/mol. The number of rotatable bonds is 8. The van der Waals surface area contributed by atoms with Crippen molar-refractivity contribution in [3.63, 3.8) is 0 Å². The standard InChI is InChI=1S/C7H16NO8P.Na/c9-4-8(13)3-6(11)7(12)5(10)1-2-17(14,15)16;/h4-7,10-13H,1-3H2,(H2,14,15,16);/q;+1/p-1/t5-,6+,7-;/m1./s1. The number of nitrogens with zero attached hydrogens (tertiary/aromatic N) is 1. The summed E-state index contributed by atoms with van der Waals surface area (Å²) < 4.78 is 10.4. The van der Waals surface area contributed by atoms with Crippen LogP contribution in [0.15, 0.2) is 0 Å². The van der Waals surface area contributed by atoms with E-state index in [0.29, 0.717) is 0 Å². The van der Waals surface area contributed by atoms with Crippen molar-refractivity contribution in [3.05, 3.63) is 0 Å². The van der Waals surface area contributed by atoms with Crippen LogP contribution in [-0.4, -0.2) is 67.9 Å². The number of aliphatic hydroxyl groups excluding tert-OH is 3. The van der Waals surface area contributed by atoms with Crippen LogP contribution in [0.4, 0.5) is 0 Å². The van der Waals surface area contributed by atoms with Gasteiger partial charge in [-0.2, -0.15) is 0 Å². The molecule has 0 aliphatic carbocycles. The predicted octanol–water partition coefficient (Wildman–Crippen LogP) is -6.14. The second-order valence-electron chi connectivity index (χ2n) is 3.50. The minimum atomic E-state index is -4.54. The zero-order valence-electron chi connectivity index (χ0n) is 9.79. The molecule has 5 N–H and O–H groups in total. The zero-order chi connectivity index (χ0) is 13.6. The summed E-state index contributed by atoms with van der Waals surface area (Å²) in [5.74, 6) is 0. The van der Waals surface area contributed by atoms with E-state index in [4.69, 9.17) is 10.1 Å².